The number of aryl methyl sites for hydroxylation is 1. The fraction of sp³-hybridized carbons (Fsp3) is 0.500. The fourth-order valence-electron chi connectivity index (χ4n) is 2.73. The van der Waals surface area contributed by atoms with Crippen molar-refractivity contribution in [3.63, 3.8) is 0 Å². The number of nitrogens with zero attached hydrogens (tertiary/aromatic N) is 5. The molecule has 2 amide bonds. The molecule has 2 aromatic heterocycles. The highest BCUT2D eigenvalue weighted by atomic mass is 35.5. The van der Waals surface area contributed by atoms with Crippen molar-refractivity contribution in [2.24, 2.45) is 0 Å². The maximum absolute atomic E-state index is 12.5. The molecule has 1 aliphatic heterocycles. The summed E-state index contributed by atoms with van der Waals surface area (Å²) < 4.78 is 5.17. The smallest absolute Gasteiger partial charge is 0.318 e. The Balaban J connectivity index is 1.55. The molecule has 0 radical (unpaired) electrons. The van der Waals surface area contributed by atoms with Gasteiger partial charge in [-0.05, 0) is 25.5 Å². The predicted octanol–water partition coefficient (Wildman–Crippen LogP) is 2.41. The number of pyridine rings is 1. The van der Waals surface area contributed by atoms with Crippen molar-refractivity contribution in [3.8, 4) is 0 Å². The third-order valence-electron chi connectivity index (χ3n) is 4.15. The van der Waals surface area contributed by atoms with E-state index in [1.165, 1.54) is 0 Å². The summed E-state index contributed by atoms with van der Waals surface area (Å²) >= 11 is 5.87. The topological polar surface area (TPSA) is 87.4 Å². The molecule has 25 heavy (non-hydrogen) atoms. The average Bonchev–Trinajstić information content (AvgIpc) is 3.06. The normalized spacial score (nSPS) is 16.0. The number of amides is 2. The number of carbonyl (C=O) groups excluding carboxylic acids is 1. The fourth-order valence-corrected chi connectivity index (χ4v) is 2.84. The highest BCUT2D eigenvalue weighted by molar-refractivity contribution is 6.30. The van der Waals surface area contributed by atoms with E-state index >= 15 is 0 Å². The van der Waals surface area contributed by atoms with Gasteiger partial charge in [0.15, 0.2) is 5.82 Å². The van der Waals surface area contributed by atoms with Gasteiger partial charge in [-0.3, -0.25) is 0 Å². The van der Waals surface area contributed by atoms with E-state index < -0.39 is 0 Å². The third kappa shape index (κ3) is 4.19. The van der Waals surface area contributed by atoms with Gasteiger partial charge in [0, 0.05) is 32.4 Å². The van der Waals surface area contributed by atoms with Crippen LogP contribution < -0.4 is 10.2 Å². The molecular weight excluding hydrogens is 344 g/mol. The lowest BCUT2D eigenvalue weighted by Crippen LogP contribution is -2.52. The van der Waals surface area contributed by atoms with Crippen LogP contribution in [0.15, 0.2) is 22.9 Å². The van der Waals surface area contributed by atoms with Crippen LogP contribution in [0.4, 0.5) is 10.6 Å². The lowest BCUT2D eigenvalue weighted by atomic mass is 10.2. The quantitative estimate of drug-likeness (QED) is 0.896. The Morgan fingerprint density at radius 2 is 2.12 bits per heavy atom. The van der Waals surface area contributed by atoms with Gasteiger partial charge in [-0.1, -0.05) is 23.7 Å². The second-order valence-electron chi connectivity index (χ2n) is 5.90. The summed E-state index contributed by atoms with van der Waals surface area (Å²) in [6.07, 6.45) is 2.32. The zero-order chi connectivity index (χ0) is 17.8. The standard InChI is InChI=1S/C16H21ClN6O2/c1-3-13(15-19-11(2)21-25-15)20-16(24)23-8-6-22(7-9-23)14-5-4-12(17)10-18-14/h4-5,10,13H,3,6-9H2,1-2H3,(H,20,24). The van der Waals surface area contributed by atoms with Crippen LogP contribution in [-0.2, 0) is 0 Å². The summed E-state index contributed by atoms with van der Waals surface area (Å²) in [6.45, 7) is 6.40. The second-order valence-corrected chi connectivity index (χ2v) is 6.34. The predicted molar refractivity (Wildman–Crippen MR) is 93.6 cm³/mol. The van der Waals surface area contributed by atoms with Crippen molar-refractivity contribution in [1.29, 1.82) is 0 Å². The van der Waals surface area contributed by atoms with Crippen molar-refractivity contribution in [2.45, 2.75) is 26.3 Å². The molecule has 0 aromatic carbocycles. The minimum absolute atomic E-state index is 0.119. The van der Waals surface area contributed by atoms with Crippen molar-refractivity contribution in [2.75, 3.05) is 31.1 Å². The summed E-state index contributed by atoms with van der Waals surface area (Å²) in [5, 5.41) is 7.36. The molecule has 134 valence electrons. The first-order valence-electron chi connectivity index (χ1n) is 8.29. The van der Waals surface area contributed by atoms with Crippen LogP contribution in [-0.4, -0.2) is 52.2 Å². The molecule has 3 rings (SSSR count). The van der Waals surface area contributed by atoms with Crippen LogP contribution >= 0.6 is 11.6 Å². The third-order valence-corrected chi connectivity index (χ3v) is 4.37. The molecule has 2 aromatic rings. The second kappa shape index (κ2) is 7.69. The summed E-state index contributed by atoms with van der Waals surface area (Å²) in [7, 11) is 0. The zero-order valence-corrected chi connectivity index (χ0v) is 15.0. The van der Waals surface area contributed by atoms with E-state index in [2.05, 4.69) is 25.3 Å². The monoisotopic (exact) mass is 364 g/mol. The summed E-state index contributed by atoms with van der Waals surface area (Å²) in [6, 6.07) is 3.32. The molecule has 9 heteroatoms. The molecule has 3 heterocycles. The van der Waals surface area contributed by atoms with Crippen molar-refractivity contribution in [1.82, 2.24) is 25.3 Å². The van der Waals surface area contributed by atoms with Gasteiger partial charge in [-0.2, -0.15) is 4.98 Å². The van der Waals surface area contributed by atoms with Crippen molar-refractivity contribution >= 4 is 23.4 Å². The van der Waals surface area contributed by atoms with Gasteiger partial charge in [0.05, 0.1) is 5.02 Å². The molecule has 1 aliphatic rings. The van der Waals surface area contributed by atoms with Gasteiger partial charge in [0.25, 0.3) is 0 Å². The number of aromatic nitrogens is 3. The van der Waals surface area contributed by atoms with E-state index in [0.29, 0.717) is 36.2 Å². The molecule has 1 fully saturated rings. The Kier molecular flexibility index (Phi) is 5.37. The number of halogens is 1. The van der Waals surface area contributed by atoms with E-state index in [0.717, 1.165) is 18.9 Å². The Labute approximate surface area is 151 Å². The summed E-state index contributed by atoms with van der Waals surface area (Å²) in [5.41, 5.74) is 0. The number of anilines is 1. The molecule has 1 saturated heterocycles. The van der Waals surface area contributed by atoms with Crippen molar-refractivity contribution in [3.05, 3.63) is 35.1 Å². The molecule has 0 bridgehead atoms. The molecule has 1 unspecified atom stereocenters. The van der Waals surface area contributed by atoms with E-state index in [9.17, 15) is 4.79 Å². The van der Waals surface area contributed by atoms with E-state index in [1.807, 2.05) is 19.1 Å². The zero-order valence-electron chi connectivity index (χ0n) is 14.3. The number of hydrogen-bond donors (Lipinski definition) is 1. The first-order valence-corrected chi connectivity index (χ1v) is 8.66. The molecule has 0 spiro atoms. The first-order chi connectivity index (χ1) is 12.1. The number of carbonyl (C=O) groups is 1. The number of rotatable bonds is 4. The van der Waals surface area contributed by atoms with Gasteiger partial charge in [0.2, 0.25) is 5.89 Å². The highest BCUT2D eigenvalue weighted by Crippen LogP contribution is 2.18. The van der Waals surface area contributed by atoms with E-state index in [-0.39, 0.29) is 12.1 Å². The van der Waals surface area contributed by atoms with E-state index in [4.69, 9.17) is 16.1 Å². The summed E-state index contributed by atoms with van der Waals surface area (Å²) in [4.78, 5) is 25.0. The molecule has 8 nitrogen and oxygen atoms in total. The summed E-state index contributed by atoms with van der Waals surface area (Å²) in [5.74, 6) is 1.88. The van der Waals surface area contributed by atoms with Crippen LogP contribution in [0.5, 0.6) is 0 Å². The van der Waals surface area contributed by atoms with E-state index in [1.54, 1.807) is 18.0 Å². The van der Waals surface area contributed by atoms with Gasteiger partial charge < -0.3 is 19.6 Å². The van der Waals surface area contributed by atoms with Crippen LogP contribution in [0.2, 0.25) is 5.02 Å². The Morgan fingerprint density at radius 1 is 1.36 bits per heavy atom. The van der Waals surface area contributed by atoms with Crippen LogP contribution in [0, 0.1) is 6.92 Å². The van der Waals surface area contributed by atoms with Crippen LogP contribution in [0.1, 0.15) is 31.1 Å². The van der Waals surface area contributed by atoms with Crippen LogP contribution in [0.3, 0.4) is 0 Å². The average molecular weight is 365 g/mol. The SMILES string of the molecule is CCC(NC(=O)N1CCN(c2ccc(Cl)cn2)CC1)c1nc(C)no1. The number of urea groups is 1. The van der Waals surface area contributed by atoms with Gasteiger partial charge in [0.1, 0.15) is 11.9 Å². The van der Waals surface area contributed by atoms with Crippen molar-refractivity contribution < 1.29 is 9.32 Å². The number of piperazine rings is 1. The molecule has 0 aliphatic carbocycles. The molecule has 1 N–H and O–H groups in total. The highest BCUT2D eigenvalue weighted by Gasteiger charge is 2.25. The lowest BCUT2D eigenvalue weighted by Gasteiger charge is -2.35. The molecule has 0 saturated carbocycles. The number of hydrogen-bond acceptors (Lipinski definition) is 6. The Morgan fingerprint density at radius 3 is 2.68 bits per heavy atom. The first kappa shape index (κ1) is 17.5. The van der Waals surface area contributed by atoms with Gasteiger partial charge >= 0.3 is 6.03 Å². The Bertz CT molecular complexity index is 712. The largest absolute Gasteiger partial charge is 0.353 e. The van der Waals surface area contributed by atoms with Crippen LogP contribution in [0.25, 0.3) is 0 Å². The maximum atomic E-state index is 12.5. The Hall–Kier alpha value is -2.35. The number of nitrogens with one attached hydrogen (secondary N) is 1. The maximum Gasteiger partial charge on any atom is 0.318 e. The molecule has 1 atom stereocenters. The van der Waals surface area contributed by atoms with Gasteiger partial charge in [-0.25, -0.2) is 9.78 Å². The minimum Gasteiger partial charge on any atom is -0.353 e. The van der Waals surface area contributed by atoms with Gasteiger partial charge in [-0.15, -0.1) is 0 Å². The minimum atomic E-state index is -0.273. The lowest BCUT2D eigenvalue weighted by molar-refractivity contribution is 0.186. The molecular formula is C16H21ClN6O2.